The average Bonchev–Trinajstić information content (AvgIpc) is 3.26. The lowest BCUT2D eigenvalue weighted by molar-refractivity contribution is -0.0679. The Labute approximate surface area is 210 Å². The zero-order chi connectivity index (χ0) is 22.1. The van der Waals surface area contributed by atoms with E-state index in [2.05, 4.69) is 40.4 Å². The molecule has 1 aromatic rings. The zero-order valence-electron chi connectivity index (χ0n) is 20.1. The van der Waals surface area contributed by atoms with Crippen LogP contribution in [0.3, 0.4) is 0 Å². The second-order valence-electron chi connectivity index (χ2n) is 8.70. The molecule has 2 fully saturated rings. The van der Waals surface area contributed by atoms with Crippen LogP contribution in [0.5, 0.6) is 11.5 Å². The molecule has 0 bridgehead atoms. The smallest absolute Gasteiger partial charge is 0.191 e. The molecule has 2 atom stereocenters. The van der Waals surface area contributed by atoms with Crippen molar-refractivity contribution in [3.63, 3.8) is 0 Å². The van der Waals surface area contributed by atoms with Crippen LogP contribution >= 0.6 is 24.0 Å². The Morgan fingerprint density at radius 1 is 1.16 bits per heavy atom. The Morgan fingerprint density at radius 3 is 2.53 bits per heavy atom. The molecule has 32 heavy (non-hydrogen) atoms. The van der Waals surface area contributed by atoms with Gasteiger partial charge in [0.2, 0.25) is 0 Å². The fourth-order valence-electron chi connectivity index (χ4n) is 4.54. The Balaban J connectivity index is 0.00000363. The molecule has 3 rings (SSSR count). The number of para-hydroxylation sites is 1. The first-order valence-electron chi connectivity index (χ1n) is 11.7. The summed E-state index contributed by atoms with van der Waals surface area (Å²) in [6, 6.07) is 6.07. The molecule has 0 radical (unpaired) electrons. The van der Waals surface area contributed by atoms with Crippen molar-refractivity contribution < 1.29 is 14.2 Å². The van der Waals surface area contributed by atoms with Crippen LogP contribution in [0.2, 0.25) is 0 Å². The lowest BCUT2D eigenvalue weighted by Gasteiger charge is -2.35. The Bertz CT molecular complexity index is 702. The molecule has 1 heterocycles. The second kappa shape index (κ2) is 14.1. The summed E-state index contributed by atoms with van der Waals surface area (Å²) in [7, 11) is 3.51. The van der Waals surface area contributed by atoms with Crippen LogP contribution < -0.4 is 20.1 Å². The van der Waals surface area contributed by atoms with E-state index in [9.17, 15) is 0 Å². The Morgan fingerprint density at radius 2 is 1.88 bits per heavy atom. The van der Waals surface area contributed by atoms with Crippen molar-refractivity contribution in [2.45, 2.75) is 70.8 Å². The minimum Gasteiger partial charge on any atom is -0.493 e. The van der Waals surface area contributed by atoms with E-state index < -0.39 is 0 Å². The van der Waals surface area contributed by atoms with Crippen LogP contribution in [0.1, 0.15) is 51.5 Å². The number of halogens is 1. The molecule has 182 valence electrons. The number of guanidine groups is 1. The summed E-state index contributed by atoms with van der Waals surface area (Å²) < 4.78 is 17.7. The minimum atomic E-state index is 0. The molecule has 7 nitrogen and oxygen atoms in total. The van der Waals surface area contributed by atoms with E-state index >= 15 is 0 Å². The summed E-state index contributed by atoms with van der Waals surface area (Å²) in [6.07, 6.45) is 6.71. The molecule has 2 aliphatic rings. The van der Waals surface area contributed by atoms with Crippen LogP contribution in [0.25, 0.3) is 0 Å². The van der Waals surface area contributed by atoms with Crippen LogP contribution in [0.4, 0.5) is 0 Å². The van der Waals surface area contributed by atoms with Gasteiger partial charge in [0.25, 0.3) is 0 Å². The number of nitrogens with one attached hydrogen (secondary N) is 2. The maximum absolute atomic E-state index is 6.34. The molecule has 0 spiro atoms. The van der Waals surface area contributed by atoms with Crippen molar-refractivity contribution in [1.82, 2.24) is 15.5 Å². The molecule has 0 amide bonds. The SMILES string of the molecule is CN=C(NCCCN1CC(C)OC(C)C1)NCc1cccc(OC)c1OC1CCCC1.I. The largest absolute Gasteiger partial charge is 0.493 e. The summed E-state index contributed by atoms with van der Waals surface area (Å²) in [5, 5.41) is 6.86. The molecule has 1 aromatic carbocycles. The number of ether oxygens (including phenoxy) is 3. The van der Waals surface area contributed by atoms with Gasteiger partial charge in [-0.05, 0) is 52.0 Å². The van der Waals surface area contributed by atoms with Crippen molar-refractivity contribution in [3.8, 4) is 11.5 Å². The van der Waals surface area contributed by atoms with E-state index in [1.807, 2.05) is 19.2 Å². The third-order valence-electron chi connectivity index (χ3n) is 5.98. The highest BCUT2D eigenvalue weighted by molar-refractivity contribution is 14.0. The summed E-state index contributed by atoms with van der Waals surface area (Å²) >= 11 is 0. The molecule has 8 heteroatoms. The lowest BCUT2D eigenvalue weighted by Crippen LogP contribution is -2.46. The van der Waals surface area contributed by atoms with Crippen molar-refractivity contribution in [2.75, 3.05) is 40.3 Å². The molecule has 2 unspecified atom stereocenters. The first kappa shape index (κ1) is 27.0. The second-order valence-corrected chi connectivity index (χ2v) is 8.70. The molecule has 0 aromatic heterocycles. The van der Waals surface area contributed by atoms with Crippen LogP contribution in [0.15, 0.2) is 23.2 Å². The predicted octanol–water partition coefficient (Wildman–Crippen LogP) is 3.80. The number of hydrogen-bond acceptors (Lipinski definition) is 5. The van der Waals surface area contributed by atoms with Crippen LogP contribution in [-0.4, -0.2) is 69.5 Å². The number of aliphatic imine (C=N–C) groups is 1. The maximum Gasteiger partial charge on any atom is 0.191 e. The summed E-state index contributed by atoms with van der Waals surface area (Å²) in [5.41, 5.74) is 1.09. The first-order chi connectivity index (χ1) is 15.1. The summed E-state index contributed by atoms with van der Waals surface area (Å²) in [5.74, 6) is 2.46. The molecular formula is C24H41IN4O3. The van der Waals surface area contributed by atoms with Crippen molar-refractivity contribution in [3.05, 3.63) is 23.8 Å². The van der Waals surface area contributed by atoms with Crippen molar-refractivity contribution >= 4 is 29.9 Å². The highest BCUT2D eigenvalue weighted by Crippen LogP contribution is 2.34. The van der Waals surface area contributed by atoms with Gasteiger partial charge in [0.1, 0.15) is 0 Å². The average molecular weight is 561 g/mol. The van der Waals surface area contributed by atoms with Gasteiger partial charge in [-0.3, -0.25) is 9.89 Å². The van der Waals surface area contributed by atoms with E-state index in [0.717, 1.165) is 68.5 Å². The molecule has 1 saturated carbocycles. The zero-order valence-corrected chi connectivity index (χ0v) is 22.4. The Kier molecular flexibility index (Phi) is 11.9. The van der Waals surface area contributed by atoms with Gasteiger partial charge in [-0.1, -0.05) is 12.1 Å². The van der Waals surface area contributed by atoms with Crippen LogP contribution in [0, 0.1) is 0 Å². The number of hydrogen-bond donors (Lipinski definition) is 2. The normalized spacial score (nSPS) is 22.3. The summed E-state index contributed by atoms with van der Waals surface area (Å²) in [4.78, 5) is 6.86. The molecule has 1 saturated heterocycles. The van der Waals surface area contributed by atoms with Gasteiger partial charge < -0.3 is 24.8 Å². The fourth-order valence-corrected chi connectivity index (χ4v) is 4.54. The van der Waals surface area contributed by atoms with Gasteiger partial charge in [0.15, 0.2) is 17.5 Å². The number of rotatable bonds is 9. The monoisotopic (exact) mass is 560 g/mol. The van der Waals surface area contributed by atoms with Gasteiger partial charge >= 0.3 is 0 Å². The maximum atomic E-state index is 6.34. The van der Waals surface area contributed by atoms with Crippen molar-refractivity contribution in [2.24, 2.45) is 4.99 Å². The van der Waals surface area contributed by atoms with E-state index in [0.29, 0.717) is 18.8 Å². The predicted molar refractivity (Wildman–Crippen MR) is 141 cm³/mol. The fraction of sp³-hybridized carbons (Fsp3) is 0.708. The highest BCUT2D eigenvalue weighted by atomic mass is 127. The van der Waals surface area contributed by atoms with Gasteiger partial charge in [-0.2, -0.15) is 0 Å². The third kappa shape index (κ3) is 8.26. The van der Waals surface area contributed by atoms with Crippen LogP contribution in [-0.2, 0) is 11.3 Å². The molecular weight excluding hydrogens is 519 g/mol. The van der Waals surface area contributed by atoms with E-state index in [1.54, 1.807) is 7.11 Å². The van der Waals surface area contributed by atoms with E-state index in [1.165, 1.54) is 12.8 Å². The first-order valence-corrected chi connectivity index (χ1v) is 11.7. The highest BCUT2D eigenvalue weighted by Gasteiger charge is 2.22. The van der Waals surface area contributed by atoms with Gasteiger partial charge in [0, 0.05) is 45.3 Å². The number of benzene rings is 1. The number of morpholine rings is 1. The van der Waals surface area contributed by atoms with Gasteiger partial charge in [-0.15, -0.1) is 24.0 Å². The number of nitrogens with zero attached hydrogens (tertiary/aromatic N) is 2. The van der Waals surface area contributed by atoms with Crippen molar-refractivity contribution in [1.29, 1.82) is 0 Å². The van der Waals surface area contributed by atoms with Gasteiger partial charge in [0.05, 0.1) is 25.4 Å². The standard InChI is InChI=1S/C24H40N4O3.HI/c1-18-16-28(17-19(2)30-18)14-8-13-26-24(25-3)27-15-20-9-7-12-22(29-4)23(20)31-21-10-5-6-11-21;/h7,9,12,18-19,21H,5-6,8,10-11,13-17H2,1-4H3,(H2,25,26,27);1H. The topological polar surface area (TPSA) is 67.4 Å². The quantitative estimate of drug-likeness (QED) is 0.207. The molecule has 1 aliphatic heterocycles. The van der Waals surface area contributed by atoms with Gasteiger partial charge in [-0.25, -0.2) is 0 Å². The minimum absolute atomic E-state index is 0. The third-order valence-corrected chi connectivity index (χ3v) is 5.98. The van der Waals surface area contributed by atoms with E-state index in [-0.39, 0.29) is 30.1 Å². The molecule has 1 aliphatic carbocycles. The summed E-state index contributed by atoms with van der Waals surface area (Å²) in [6.45, 7) is 8.90. The van der Waals surface area contributed by atoms with E-state index in [4.69, 9.17) is 14.2 Å². The Hall–Kier alpha value is -1.26. The molecule has 2 N–H and O–H groups in total. The lowest BCUT2D eigenvalue weighted by atomic mass is 10.1. The number of methoxy groups -OCH3 is 1.